The van der Waals surface area contributed by atoms with Crippen molar-refractivity contribution in [2.75, 3.05) is 24.4 Å². The molecule has 5 heteroatoms. The van der Waals surface area contributed by atoms with Gasteiger partial charge in [0.05, 0.1) is 0 Å². The van der Waals surface area contributed by atoms with Crippen molar-refractivity contribution in [2.24, 2.45) is 0 Å². The van der Waals surface area contributed by atoms with Crippen LogP contribution in [0.3, 0.4) is 0 Å². The van der Waals surface area contributed by atoms with Crippen molar-refractivity contribution in [3.05, 3.63) is 5.82 Å². The van der Waals surface area contributed by atoms with Crippen molar-refractivity contribution in [1.29, 1.82) is 0 Å². The van der Waals surface area contributed by atoms with Crippen LogP contribution < -0.4 is 11.1 Å². The summed E-state index contributed by atoms with van der Waals surface area (Å²) >= 11 is 1.52. The van der Waals surface area contributed by atoms with E-state index in [4.69, 9.17) is 5.73 Å². The summed E-state index contributed by atoms with van der Waals surface area (Å²) in [4.78, 5) is 8.33. The normalized spacial score (nSPS) is 9.92. The lowest BCUT2D eigenvalue weighted by atomic mass is 10.4. The predicted molar refractivity (Wildman–Crippen MR) is 52.5 cm³/mol. The molecule has 0 atom stereocenters. The van der Waals surface area contributed by atoms with Crippen LogP contribution in [0, 0.1) is 6.92 Å². The van der Waals surface area contributed by atoms with E-state index in [1.54, 1.807) is 7.05 Å². The third-order valence-corrected chi connectivity index (χ3v) is 2.15. The number of nitrogens with two attached hydrogens (primary N) is 1. The summed E-state index contributed by atoms with van der Waals surface area (Å²) in [6.07, 6.45) is 1.94. The van der Waals surface area contributed by atoms with Crippen LogP contribution in [-0.2, 0) is 0 Å². The number of hydrogen-bond donors (Lipinski definition) is 2. The smallest absolute Gasteiger partial charge is 0.153 e. The molecule has 0 radical (unpaired) electrons. The number of aryl methyl sites for hydroxylation is 1. The first-order valence-electron chi connectivity index (χ1n) is 3.55. The average Bonchev–Trinajstić information content (AvgIpc) is 2.08. The van der Waals surface area contributed by atoms with Crippen molar-refractivity contribution in [3.63, 3.8) is 0 Å². The van der Waals surface area contributed by atoms with E-state index in [1.807, 2.05) is 13.2 Å². The Balaban J connectivity index is 3.22. The largest absolute Gasteiger partial charge is 0.394 e. The molecule has 1 rings (SSSR count). The van der Waals surface area contributed by atoms with Crippen LogP contribution in [0.5, 0.6) is 0 Å². The summed E-state index contributed by atoms with van der Waals surface area (Å²) in [7, 11) is 1.79. The molecule has 12 heavy (non-hydrogen) atoms. The topological polar surface area (TPSA) is 63.8 Å². The Morgan fingerprint density at radius 2 is 2.08 bits per heavy atom. The van der Waals surface area contributed by atoms with E-state index in [9.17, 15) is 0 Å². The third kappa shape index (κ3) is 1.61. The lowest BCUT2D eigenvalue weighted by Crippen LogP contribution is -2.04. The number of rotatable bonds is 2. The standard InChI is InChI=1S/C7H12N4S/c1-4-10-6(9-2)5(8)7(11-4)12-3/h8H2,1-3H3,(H,9,10,11). The molecule has 0 saturated carbocycles. The number of thioether (sulfide) groups is 1. The van der Waals surface area contributed by atoms with Gasteiger partial charge in [-0.25, -0.2) is 9.97 Å². The van der Waals surface area contributed by atoms with Crippen LogP contribution in [0.1, 0.15) is 5.82 Å². The van der Waals surface area contributed by atoms with Crippen molar-refractivity contribution < 1.29 is 0 Å². The molecular formula is C7H12N4S. The van der Waals surface area contributed by atoms with Gasteiger partial charge in [-0.15, -0.1) is 11.8 Å². The Morgan fingerprint density at radius 3 is 2.58 bits per heavy atom. The number of aromatic nitrogens is 2. The summed E-state index contributed by atoms with van der Waals surface area (Å²) in [5.41, 5.74) is 6.39. The van der Waals surface area contributed by atoms with Crippen molar-refractivity contribution in [3.8, 4) is 0 Å². The van der Waals surface area contributed by atoms with Gasteiger partial charge in [-0.1, -0.05) is 0 Å². The summed E-state index contributed by atoms with van der Waals surface area (Å²) in [6.45, 7) is 1.85. The van der Waals surface area contributed by atoms with E-state index in [-0.39, 0.29) is 0 Å². The highest BCUT2D eigenvalue weighted by Crippen LogP contribution is 2.25. The summed E-state index contributed by atoms with van der Waals surface area (Å²) in [5, 5.41) is 3.75. The van der Waals surface area contributed by atoms with Gasteiger partial charge in [-0.3, -0.25) is 0 Å². The zero-order chi connectivity index (χ0) is 9.14. The zero-order valence-electron chi connectivity index (χ0n) is 7.38. The highest BCUT2D eigenvalue weighted by atomic mass is 32.2. The van der Waals surface area contributed by atoms with Gasteiger partial charge in [0.15, 0.2) is 5.82 Å². The highest BCUT2D eigenvalue weighted by Gasteiger charge is 2.06. The maximum absolute atomic E-state index is 5.76. The molecule has 0 aliphatic heterocycles. The van der Waals surface area contributed by atoms with Crippen LogP contribution in [-0.4, -0.2) is 23.3 Å². The van der Waals surface area contributed by atoms with E-state index < -0.39 is 0 Å². The van der Waals surface area contributed by atoms with E-state index in [0.717, 1.165) is 10.9 Å². The Labute approximate surface area is 76.0 Å². The molecule has 0 bridgehead atoms. The summed E-state index contributed by atoms with van der Waals surface area (Å²) < 4.78 is 0. The Kier molecular flexibility index (Phi) is 2.75. The zero-order valence-corrected chi connectivity index (χ0v) is 8.20. The SMILES string of the molecule is CNc1nc(C)nc(SC)c1N. The third-order valence-electron chi connectivity index (χ3n) is 1.45. The molecule has 0 spiro atoms. The van der Waals surface area contributed by atoms with Crippen LogP contribution in [0.25, 0.3) is 0 Å². The fourth-order valence-electron chi connectivity index (χ4n) is 0.902. The van der Waals surface area contributed by atoms with E-state index in [1.165, 1.54) is 11.8 Å². The molecule has 0 aromatic carbocycles. The number of nitrogen functional groups attached to an aromatic ring is 1. The van der Waals surface area contributed by atoms with Crippen molar-refractivity contribution >= 4 is 23.3 Å². The maximum atomic E-state index is 5.76. The van der Waals surface area contributed by atoms with Crippen molar-refractivity contribution in [2.45, 2.75) is 11.9 Å². The number of hydrogen-bond acceptors (Lipinski definition) is 5. The minimum Gasteiger partial charge on any atom is -0.394 e. The first-order valence-corrected chi connectivity index (χ1v) is 4.77. The lowest BCUT2D eigenvalue weighted by Gasteiger charge is -2.07. The second-order valence-electron chi connectivity index (χ2n) is 2.29. The van der Waals surface area contributed by atoms with Gasteiger partial charge in [0.1, 0.15) is 16.5 Å². The molecule has 0 amide bonds. The fraction of sp³-hybridized carbons (Fsp3) is 0.429. The Morgan fingerprint density at radius 1 is 1.42 bits per heavy atom. The van der Waals surface area contributed by atoms with Crippen LogP contribution >= 0.6 is 11.8 Å². The van der Waals surface area contributed by atoms with Gasteiger partial charge in [-0.05, 0) is 13.2 Å². The molecule has 0 saturated heterocycles. The van der Waals surface area contributed by atoms with E-state index in [0.29, 0.717) is 11.5 Å². The van der Waals surface area contributed by atoms with Gasteiger partial charge >= 0.3 is 0 Å². The first kappa shape index (κ1) is 9.12. The molecule has 0 fully saturated rings. The number of nitrogens with zero attached hydrogens (tertiary/aromatic N) is 2. The quantitative estimate of drug-likeness (QED) is 0.533. The van der Waals surface area contributed by atoms with Gasteiger partial charge < -0.3 is 11.1 Å². The number of nitrogens with one attached hydrogen (secondary N) is 1. The summed E-state index contributed by atoms with van der Waals surface area (Å²) in [6, 6.07) is 0. The molecule has 1 heterocycles. The molecule has 66 valence electrons. The number of anilines is 2. The molecule has 1 aromatic rings. The fourth-order valence-corrected chi connectivity index (χ4v) is 1.44. The van der Waals surface area contributed by atoms with Gasteiger partial charge in [0.2, 0.25) is 0 Å². The Hall–Kier alpha value is -0.970. The minimum atomic E-state index is 0.621. The highest BCUT2D eigenvalue weighted by molar-refractivity contribution is 7.98. The predicted octanol–water partition coefficient (Wildman–Crippen LogP) is 1.13. The Bertz CT molecular complexity index is 262. The van der Waals surface area contributed by atoms with Gasteiger partial charge in [-0.2, -0.15) is 0 Å². The van der Waals surface area contributed by atoms with Gasteiger partial charge in [0.25, 0.3) is 0 Å². The van der Waals surface area contributed by atoms with Crippen molar-refractivity contribution in [1.82, 2.24) is 9.97 Å². The lowest BCUT2D eigenvalue weighted by molar-refractivity contribution is 0.978. The average molecular weight is 184 g/mol. The maximum Gasteiger partial charge on any atom is 0.153 e. The van der Waals surface area contributed by atoms with Crippen LogP contribution in [0.2, 0.25) is 0 Å². The van der Waals surface area contributed by atoms with E-state index in [2.05, 4.69) is 15.3 Å². The van der Waals surface area contributed by atoms with Crippen LogP contribution in [0.4, 0.5) is 11.5 Å². The molecule has 0 aliphatic carbocycles. The minimum absolute atomic E-state index is 0.621. The molecule has 3 N–H and O–H groups in total. The molecule has 4 nitrogen and oxygen atoms in total. The summed E-state index contributed by atoms with van der Waals surface area (Å²) in [5.74, 6) is 1.43. The van der Waals surface area contributed by atoms with E-state index >= 15 is 0 Å². The molecular weight excluding hydrogens is 172 g/mol. The molecule has 1 aromatic heterocycles. The monoisotopic (exact) mass is 184 g/mol. The molecule has 0 aliphatic rings. The second-order valence-corrected chi connectivity index (χ2v) is 3.09. The van der Waals surface area contributed by atoms with Gasteiger partial charge in [0, 0.05) is 7.05 Å². The van der Waals surface area contributed by atoms with Crippen LogP contribution in [0.15, 0.2) is 5.03 Å². The molecule has 0 unspecified atom stereocenters. The first-order chi connectivity index (χ1) is 5.69. The second kappa shape index (κ2) is 3.62.